The minimum absolute atomic E-state index is 0.206. The highest BCUT2D eigenvalue weighted by Crippen LogP contribution is 2.49. The van der Waals surface area contributed by atoms with Crippen molar-refractivity contribution in [2.24, 2.45) is 11.8 Å². The second kappa shape index (κ2) is 4.10. The molecule has 2 aliphatic rings. The molecule has 0 saturated heterocycles. The van der Waals surface area contributed by atoms with E-state index in [1.165, 1.54) is 12.2 Å². The van der Waals surface area contributed by atoms with Crippen molar-refractivity contribution in [1.82, 2.24) is 0 Å². The first kappa shape index (κ1) is 14.6. The highest BCUT2D eigenvalue weighted by Gasteiger charge is 2.74. The van der Waals surface area contributed by atoms with Crippen LogP contribution in [0.15, 0.2) is 12.2 Å². The molecule has 2 N–H and O–H groups in total. The van der Waals surface area contributed by atoms with E-state index in [0.717, 1.165) is 0 Å². The van der Waals surface area contributed by atoms with Crippen molar-refractivity contribution in [2.75, 3.05) is 0 Å². The number of hydrogen-bond donors (Lipinski definition) is 2. The van der Waals surface area contributed by atoms with Gasteiger partial charge in [0.15, 0.2) is 0 Å². The lowest BCUT2D eigenvalue weighted by molar-refractivity contribution is -0.469. The van der Waals surface area contributed by atoms with Gasteiger partial charge in [-0.25, -0.2) is 0 Å². The zero-order valence-electron chi connectivity index (χ0n) is 9.24. The van der Waals surface area contributed by atoms with E-state index >= 15 is 0 Å². The fourth-order valence-corrected chi connectivity index (χ4v) is 2.40. The first-order valence-electron chi connectivity index (χ1n) is 5.37. The van der Waals surface area contributed by atoms with Gasteiger partial charge in [-0.3, -0.25) is 0 Å². The predicted octanol–water partition coefficient (Wildman–Crippen LogP) is 1.75. The van der Waals surface area contributed by atoms with Gasteiger partial charge in [0.1, 0.15) is 0 Å². The summed E-state index contributed by atoms with van der Waals surface area (Å²) in [6, 6.07) is 0. The van der Waals surface area contributed by atoms with Crippen molar-refractivity contribution >= 4 is 0 Å². The lowest BCUT2D eigenvalue weighted by Gasteiger charge is -2.36. The summed E-state index contributed by atoms with van der Waals surface area (Å²) in [4.78, 5) is 0. The number of halogens is 6. The van der Waals surface area contributed by atoms with Crippen molar-refractivity contribution in [3.05, 3.63) is 12.2 Å². The van der Waals surface area contributed by atoms with Crippen LogP contribution in [-0.2, 0) is 4.74 Å². The van der Waals surface area contributed by atoms with E-state index in [4.69, 9.17) is 5.11 Å². The Morgan fingerprint density at radius 3 is 1.79 bits per heavy atom. The van der Waals surface area contributed by atoms with Crippen molar-refractivity contribution in [2.45, 2.75) is 36.8 Å². The van der Waals surface area contributed by atoms with E-state index < -0.39 is 42.2 Å². The molecule has 19 heavy (non-hydrogen) atoms. The van der Waals surface area contributed by atoms with Crippen molar-refractivity contribution in [3.8, 4) is 0 Å². The van der Waals surface area contributed by atoms with Crippen LogP contribution in [-0.4, -0.2) is 40.6 Å². The van der Waals surface area contributed by atoms with Crippen molar-refractivity contribution < 1.29 is 41.3 Å². The maximum Gasteiger partial charge on any atom is 0.453 e. The minimum Gasteiger partial charge on any atom is -0.390 e. The number of aliphatic hydroxyl groups excluding tert-OH is 1. The number of alkyl halides is 6. The highest BCUT2D eigenvalue weighted by atomic mass is 19.4. The summed E-state index contributed by atoms with van der Waals surface area (Å²) in [6.07, 6.45) is -12.2. The molecule has 1 fully saturated rings. The summed E-state index contributed by atoms with van der Waals surface area (Å²) < 4.78 is 78.4. The second-order valence-electron chi connectivity index (χ2n) is 4.66. The van der Waals surface area contributed by atoms with Gasteiger partial charge in [0.2, 0.25) is 0 Å². The highest BCUT2D eigenvalue weighted by molar-refractivity contribution is 5.15. The number of hydrogen-bond acceptors (Lipinski definition) is 3. The molecule has 0 amide bonds. The van der Waals surface area contributed by atoms with E-state index in [-0.39, 0.29) is 6.42 Å². The quantitative estimate of drug-likeness (QED) is 0.463. The normalized spacial score (nSPS) is 35.2. The SMILES string of the molecule is OC1C2C=CC(C2)C1OC(O)(C(F)(F)F)C(F)(F)F. The molecule has 3 nitrogen and oxygen atoms in total. The lowest BCUT2D eigenvalue weighted by Crippen LogP contribution is -2.61. The molecule has 0 radical (unpaired) electrons. The van der Waals surface area contributed by atoms with Crippen molar-refractivity contribution in [3.63, 3.8) is 0 Å². The number of aliphatic hydroxyl groups is 2. The van der Waals surface area contributed by atoms with Crippen LogP contribution in [0.3, 0.4) is 0 Å². The van der Waals surface area contributed by atoms with E-state index in [0.29, 0.717) is 0 Å². The Balaban J connectivity index is 2.26. The summed E-state index contributed by atoms with van der Waals surface area (Å²) in [5.74, 6) is -6.58. The third kappa shape index (κ3) is 2.13. The maximum atomic E-state index is 12.4. The first-order chi connectivity index (χ1) is 8.47. The number of rotatable bonds is 2. The van der Waals surface area contributed by atoms with Crippen LogP contribution in [0.25, 0.3) is 0 Å². The summed E-state index contributed by atoms with van der Waals surface area (Å²) >= 11 is 0. The molecule has 1 saturated carbocycles. The van der Waals surface area contributed by atoms with Crippen LogP contribution in [0, 0.1) is 11.8 Å². The average molecular weight is 292 g/mol. The van der Waals surface area contributed by atoms with Crippen LogP contribution in [0.4, 0.5) is 26.3 Å². The first-order valence-corrected chi connectivity index (χ1v) is 5.37. The maximum absolute atomic E-state index is 12.4. The molecule has 2 rings (SSSR count). The van der Waals surface area contributed by atoms with Crippen LogP contribution in [0.5, 0.6) is 0 Å². The van der Waals surface area contributed by atoms with E-state index in [1.54, 1.807) is 0 Å². The number of ether oxygens (including phenoxy) is 1. The fourth-order valence-electron chi connectivity index (χ4n) is 2.40. The fraction of sp³-hybridized carbons (Fsp3) is 0.800. The summed E-state index contributed by atoms with van der Waals surface area (Å²) in [5.41, 5.74) is 0. The monoisotopic (exact) mass is 292 g/mol. The van der Waals surface area contributed by atoms with E-state index in [2.05, 4.69) is 4.74 Å². The Morgan fingerprint density at radius 1 is 0.947 bits per heavy atom. The Bertz CT molecular complexity index is 374. The molecule has 0 aromatic carbocycles. The van der Waals surface area contributed by atoms with Gasteiger partial charge >= 0.3 is 18.1 Å². The van der Waals surface area contributed by atoms with E-state index in [1.807, 2.05) is 0 Å². The van der Waals surface area contributed by atoms with Crippen LogP contribution in [0.1, 0.15) is 6.42 Å². The largest absolute Gasteiger partial charge is 0.453 e. The lowest BCUT2D eigenvalue weighted by atomic mass is 10.0. The van der Waals surface area contributed by atoms with Gasteiger partial charge in [-0.05, 0) is 6.42 Å². The van der Waals surface area contributed by atoms with Gasteiger partial charge in [0, 0.05) is 11.8 Å². The molecule has 9 heteroatoms. The molecular formula is C10H10F6O3. The van der Waals surface area contributed by atoms with E-state index in [9.17, 15) is 31.4 Å². The van der Waals surface area contributed by atoms with Gasteiger partial charge in [0.25, 0.3) is 0 Å². The zero-order chi connectivity index (χ0) is 14.6. The van der Waals surface area contributed by atoms with Gasteiger partial charge in [-0.1, -0.05) is 12.2 Å². The Morgan fingerprint density at radius 2 is 1.42 bits per heavy atom. The predicted molar refractivity (Wildman–Crippen MR) is 48.7 cm³/mol. The molecule has 0 aromatic rings. The Labute approximate surface area is 103 Å². The second-order valence-corrected chi connectivity index (χ2v) is 4.66. The zero-order valence-corrected chi connectivity index (χ0v) is 9.24. The molecule has 2 bridgehead atoms. The van der Waals surface area contributed by atoms with Gasteiger partial charge in [0.05, 0.1) is 12.2 Å². The summed E-state index contributed by atoms with van der Waals surface area (Å²) in [6.45, 7) is 0. The molecule has 0 aromatic heterocycles. The minimum atomic E-state index is -6.05. The van der Waals surface area contributed by atoms with Crippen molar-refractivity contribution in [1.29, 1.82) is 0 Å². The molecule has 2 aliphatic carbocycles. The van der Waals surface area contributed by atoms with Crippen LogP contribution < -0.4 is 0 Å². The third-order valence-corrected chi connectivity index (χ3v) is 3.42. The molecule has 0 heterocycles. The summed E-state index contributed by atoms with van der Waals surface area (Å²) in [7, 11) is 0. The molecule has 0 spiro atoms. The molecular weight excluding hydrogens is 282 g/mol. The summed E-state index contributed by atoms with van der Waals surface area (Å²) in [5, 5.41) is 18.4. The average Bonchev–Trinajstić information content (AvgIpc) is 2.78. The molecule has 4 atom stereocenters. The topological polar surface area (TPSA) is 49.7 Å². The molecule has 110 valence electrons. The number of fused-ring (bicyclic) bond motifs is 2. The smallest absolute Gasteiger partial charge is 0.390 e. The Hall–Kier alpha value is -0.800. The molecule has 4 unspecified atom stereocenters. The van der Waals surface area contributed by atoms with Gasteiger partial charge < -0.3 is 14.9 Å². The third-order valence-electron chi connectivity index (χ3n) is 3.42. The van der Waals surface area contributed by atoms with Crippen LogP contribution >= 0.6 is 0 Å². The Kier molecular flexibility index (Phi) is 3.15. The molecule has 0 aliphatic heterocycles. The van der Waals surface area contributed by atoms with Crippen LogP contribution in [0.2, 0.25) is 0 Å². The van der Waals surface area contributed by atoms with Gasteiger partial charge in [-0.2, -0.15) is 26.3 Å². The van der Waals surface area contributed by atoms with Gasteiger partial charge in [-0.15, -0.1) is 0 Å². The standard InChI is InChI=1S/C10H10F6O3/c11-9(12,13)8(18,10(14,15)16)19-7-5-2-1-4(3-5)6(7)17/h1-2,4-7,17-18H,3H2.